The Hall–Kier alpha value is -2.12. The highest BCUT2D eigenvalue weighted by molar-refractivity contribution is 6.34. The van der Waals surface area contributed by atoms with Crippen molar-refractivity contribution in [3.8, 4) is 0 Å². The maximum Gasteiger partial charge on any atom is 0.231 e. The van der Waals surface area contributed by atoms with Gasteiger partial charge in [-0.1, -0.05) is 32.4 Å². The molecular weight excluding hydrogens is 368 g/mol. The Morgan fingerprint density at radius 1 is 1.26 bits per heavy atom. The maximum absolute atomic E-state index is 12.5. The van der Waals surface area contributed by atoms with Crippen LogP contribution < -0.4 is 16.4 Å². The van der Waals surface area contributed by atoms with Crippen molar-refractivity contribution in [3.05, 3.63) is 23.2 Å². The molecule has 8 heteroatoms. The van der Waals surface area contributed by atoms with Gasteiger partial charge in [-0.05, 0) is 37.6 Å². The Labute approximate surface area is 164 Å². The van der Waals surface area contributed by atoms with Gasteiger partial charge < -0.3 is 16.4 Å². The van der Waals surface area contributed by atoms with E-state index in [0.717, 1.165) is 19.4 Å². The van der Waals surface area contributed by atoms with Crippen molar-refractivity contribution < 1.29 is 14.4 Å². The second kappa shape index (κ2) is 8.71. The van der Waals surface area contributed by atoms with Crippen LogP contribution in [0.5, 0.6) is 0 Å². The van der Waals surface area contributed by atoms with Gasteiger partial charge in [-0.15, -0.1) is 0 Å². The van der Waals surface area contributed by atoms with Gasteiger partial charge in [0.1, 0.15) is 0 Å². The van der Waals surface area contributed by atoms with E-state index in [4.69, 9.17) is 17.3 Å². The van der Waals surface area contributed by atoms with Crippen LogP contribution in [0.3, 0.4) is 0 Å². The third-order valence-corrected chi connectivity index (χ3v) is 4.73. The summed E-state index contributed by atoms with van der Waals surface area (Å²) in [7, 11) is 0. The lowest BCUT2D eigenvalue weighted by Gasteiger charge is -2.31. The largest absolute Gasteiger partial charge is 0.369 e. The topological polar surface area (TPSA) is 105 Å². The summed E-state index contributed by atoms with van der Waals surface area (Å²) >= 11 is 6.25. The number of rotatable bonds is 5. The molecule has 0 bridgehead atoms. The van der Waals surface area contributed by atoms with Crippen molar-refractivity contribution in [3.63, 3.8) is 0 Å². The van der Waals surface area contributed by atoms with Crippen LogP contribution in [0.1, 0.15) is 33.6 Å². The lowest BCUT2D eigenvalue weighted by atomic mass is 9.95. The quantitative estimate of drug-likeness (QED) is 0.713. The van der Waals surface area contributed by atoms with Crippen molar-refractivity contribution in [2.24, 2.45) is 17.1 Å². The SMILES string of the molecule is CC(C)(C)C(=O)Nc1ccc(NC(=O)C2CCCN(CC(N)=O)C2)cc1Cl. The Morgan fingerprint density at radius 3 is 2.56 bits per heavy atom. The number of nitrogens with zero attached hydrogens (tertiary/aromatic N) is 1. The fourth-order valence-electron chi connectivity index (χ4n) is 2.88. The molecule has 1 aliphatic rings. The molecule has 0 radical (unpaired) electrons. The Bertz CT molecular complexity index is 730. The van der Waals surface area contributed by atoms with E-state index in [9.17, 15) is 14.4 Å². The van der Waals surface area contributed by atoms with Gasteiger partial charge in [0, 0.05) is 17.6 Å². The lowest BCUT2D eigenvalue weighted by molar-refractivity contribution is -0.124. The summed E-state index contributed by atoms with van der Waals surface area (Å²) in [6, 6.07) is 4.98. The number of benzene rings is 1. The van der Waals surface area contributed by atoms with E-state index in [1.54, 1.807) is 18.2 Å². The van der Waals surface area contributed by atoms with E-state index in [2.05, 4.69) is 10.6 Å². The van der Waals surface area contributed by atoms with E-state index in [-0.39, 0.29) is 24.3 Å². The van der Waals surface area contributed by atoms with E-state index >= 15 is 0 Å². The molecule has 1 fully saturated rings. The van der Waals surface area contributed by atoms with Crippen molar-refractivity contribution in [1.82, 2.24) is 4.90 Å². The van der Waals surface area contributed by atoms with Crippen LogP contribution in [-0.4, -0.2) is 42.3 Å². The number of halogens is 1. The van der Waals surface area contributed by atoms with Gasteiger partial charge in [0.15, 0.2) is 0 Å². The molecule has 4 N–H and O–H groups in total. The normalized spacial score (nSPS) is 18.0. The molecule has 1 aromatic rings. The van der Waals surface area contributed by atoms with Crippen LogP contribution in [0, 0.1) is 11.3 Å². The fraction of sp³-hybridized carbons (Fsp3) is 0.526. The molecule has 1 unspecified atom stereocenters. The summed E-state index contributed by atoms with van der Waals surface area (Å²) in [6.07, 6.45) is 1.60. The Kier molecular flexibility index (Phi) is 6.84. The van der Waals surface area contributed by atoms with Gasteiger partial charge in [-0.25, -0.2) is 0 Å². The lowest BCUT2D eigenvalue weighted by Crippen LogP contribution is -2.44. The molecule has 1 aliphatic heterocycles. The summed E-state index contributed by atoms with van der Waals surface area (Å²) < 4.78 is 0. The maximum atomic E-state index is 12.5. The molecule has 1 saturated heterocycles. The van der Waals surface area contributed by atoms with E-state index in [1.807, 2.05) is 25.7 Å². The van der Waals surface area contributed by atoms with Crippen LogP contribution in [0.2, 0.25) is 5.02 Å². The standard InChI is InChI=1S/C19H27ClN4O3/c1-19(2,3)18(27)23-15-7-6-13(9-14(15)20)22-17(26)12-5-4-8-24(10-12)11-16(21)25/h6-7,9,12H,4-5,8,10-11H2,1-3H3,(H2,21,25)(H,22,26)(H,23,27). The molecule has 0 spiro atoms. The molecule has 7 nitrogen and oxygen atoms in total. The van der Waals surface area contributed by atoms with Crippen LogP contribution in [0.15, 0.2) is 18.2 Å². The van der Waals surface area contributed by atoms with Crippen LogP contribution in [0.4, 0.5) is 11.4 Å². The number of likely N-dealkylation sites (tertiary alicyclic amines) is 1. The third-order valence-electron chi connectivity index (χ3n) is 4.42. The Balaban J connectivity index is 1.99. The number of carbonyl (C=O) groups excluding carboxylic acids is 3. The average Bonchev–Trinajstić information content (AvgIpc) is 2.56. The molecule has 0 aromatic heterocycles. The second-order valence-electron chi connectivity index (χ2n) is 7.93. The molecule has 2 rings (SSSR count). The molecule has 0 saturated carbocycles. The minimum atomic E-state index is -0.534. The third kappa shape index (κ3) is 6.22. The summed E-state index contributed by atoms with van der Waals surface area (Å²) in [5.41, 5.74) is 5.76. The van der Waals surface area contributed by atoms with Crippen LogP contribution in [-0.2, 0) is 14.4 Å². The monoisotopic (exact) mass is 394 g/mol. The summed E-state index contributed by atoms with van der Waals surface area (Å²) in [5, 5.41) is 5.99. The zero-order valence-corrected chi connectivity index (χ0v) is 16.7. The summed E-state index contributed by atoms with van der Waals surface area (Å²) in [6.45, 7) is 6.88. The molecule has 0 aliphatic carbocycles. The molecular formula is C19H27ClN4O3. The molecule has 1 heterocycles. The van der Waals surface area contributed by atoms with Crippen molar-refractivity contribution in [2.75, 3.05) is 30.3 Å². The van der Waals surface area contributed by atoms with E-state index < -0.39 is 11.3 Å². The Morgan fingerprint density at radius 2 is 1.96 bits per heavy atom. The molecule has 3 amide bonds. The first-order valence-electron chi connectivity index (χ1n) is 8.99. The van der Waals surface area contributed by atoms with Crippen molar-refractivity contribution >= 4 is 40.7 Å². The first-order chi connectivity index (χ1) is 12.6. The minimum Gasteiger partial charge on any atom is -0.369 e. The number of piperidine rings is 1. The number of hydrogen-bond donors (Lipinski definition) is 3. The number of nitrogens with two attached hydrogens (primary N) is 1. The predicted molar refractivity (Wildman–Crippen MR) is 107 cm³/mol. The van der Waals surface area contributed by atoms with Gasteiger partial charge in [-0.2, -0.15) is 0 Å². The van der Waals surface area contributed by atoms with Gasteiger partial charge in [-0.3, -0.25) is 19.3 Å². The van der Waals surface area contributed by atoms with Crippen molar-refractivity contribution in [1.29, 1.82) is 0 Å². The van der Waals surface area contributed by atoms with Crippen LogP contribution in [0.25, 0.3) is 0 Å². The van der Waals surface area contributed by atoms with E-state index in [1.165, 1.54) is 0 Å². The predicted octanol–water partition coefficient (Wildman–Crippen LogP) is 2.46. The number of hydrogen-bond acceptors (Lipinski definition) is 4. The number of carbonyl (C=O) groups is 3. The number of primary amides is 1. The first kappa shape index (κ1) is 21.2. The molecule has 148 valence electrons. The number of amides is 3. The van der Waals surface area contributed by atoms with Crippen LogP contribution >= 0.6 is 11.6 Å². The number of nitrogens with one attached hydrogen (secondary N) is 2. The highest BCUT2D eigenvalue weighted by Gasteiger charge is 2.27. The van der Waals surface area contributed by atoms with Gasteiger partial charge in [0.25, 0.3) is 0 Å². The first-order valence-corrected chi connectivity index (χ1v) is 9.36. The fourth-order valence-corrected chi connectivity index (χ4v) is 3.11. The highest BCUT2D eigenvalue weighted by Crippen LogP contribution is 2.28. The van der Waals surface area contributed by atoms with Crippen molar-refractivity contribution in [2.45, 2.75) is 33.6 Å². The van der Waals surface area contributed by atoms with Gasteiger partial charge >= 0.3 is 0 Å². The zero-order chi connectivity index (χ0) is 20.2. The minimum absolute atomic E-state index is 0.119. The second-order valence-corrected chi connectivity index (χ2v) is 8.34. The van der Waals surface area contributed by atoms with Gasteiger partial charge in [0.05, 0.1) is 23.2 Å². The number of anilines is 2. The highest BCUT2D eigenvalue weighted by atomic mass is 35.5. The van der Waals surface area contributed by atoms with Gasteiger partial charge in [0.2, 0.25) is 17.7 Å². The zero-order valence-electron chi connectivity index (χ0n) is 16.0. The summed E-state index contributed by atoms with van der Waals surface area (Å²) in [4.78, 5) is 37.6. The molecule has 1 atom stereocenters. The smallest absolute Gasteiger partial charge is 0.231 e. The molecule has 27 heavy (non-hydrogen) atoms. The van der Waals surface area contributed by atoms with E-state index in [0.29, 0.717) is 22.9 Å². The summed E-state index contributed by atoms with van der Waals surface area (Å²) in [5.74, 6) is -0.863. The average molecular weight is 395 g/mol. The molecule has 1 aromatic carbocycles.